The smallest absolute Gasteiger partial charge is 0.271 e. The molecule has 2 aliphatic heterocycles. The Kier molecular flexibility index (Phi) is 5.27. The number of aliphatic imine (C=N–C) groups is 1. The number of likely N-dealkylation sites (tertiary alicyclic amines) is 1. The summed E-state index contributed by atoms with van der Waals surface area (Å²) >= 11 is 1.56. The molecule has 8 heteroatoms. The van der Waals surface area contributed by atoms with Gasteiger partial charge in [0.2, 0.25) is 0 Å². The van der Waals surface area contributed by atoms with Crippen LogP contribution in [-0.4, -0.2) is 46.1 Å². The number of hydrogen-bond donors (Lipinski definition) is 1. The Hall–Kier alpha value is -2.97. The molecule has 2 aromatic heterocycles. The van der Waals surface area contributed by atoms with Crippen molar-refractivity contribution >= 4 is 28.6 Å². The normalized spacial score (nSPS) is 23.2. The quantitative estimate of drug-likeness (QED) is 0.578. The van der Waals surface area contributed by atoms with Crippen molar-refractivity contribution in [2.45, 2.75) is 25.3 Å². The summed E-state index contributed by atoms with van der Waals surface area (Å²) in [5.74, 6) is 1.04. The maximum Gasteiger partial charge on any atom is 0.271 e. The maximum absolute atomic E-state index is 13.7. The summed E-state index contributed by atoms with van der Waals surface area (Å²) in [5.41, 5.74) is 4.39. The van der Waals surface area contributed by atoms with Crippen LogP contribution in [0.15, 0.2) is 53.0 Å². The number of aromatic nitrogens is 2. The zero-order valence-corrected chi connectivity index (χ0v) is 18.9. The molecular formula is C25H24FN5OS. The van der Waals surface area contributed by atoms with Gasteiger partial charge in [-0.25, -0.2) is 9.37 Å². The van der Waals surface area contributed by atoms with Crippen molar-refractivity contribution in [1.82, 2.24) is 20.2 Å². The molecule has 1 amide bonds. The molecule has 4 heterocycles. The minimum Gasteiger partial charge on any atom is -0.345 e. The summed E-state index contributed by atoms with van der Waals surface area (Å²) in [6.07, 6.45) is 3.52. The minimum absolute atomic E-state index is 0.0539. The van der Waals surface area contributed by atoms with Crippen LogP contribution in [0.25, 0.3) is 0 Å². The van der Waals surface area contributed by atoms with E-state index in [4.69, 9.17) is 4.99 Å². The van der Waals surface area contributed by atoms with E-state index in [1.54, 1.807) is 16.7 Å². The van der Waals surface area contributed by atoms with Gasteiger partial charge in [-0.05, 0) is 42.0 Å². The molecule has 0 bridgehead atoms. The van der Waals surface area contributed by atoms with Crippen molar-refractivity contribution in [3.63, 3.8) is 0 Å². The summed E-state index contributed by atoms with van der Waals surface area (Å²) in [4.78, 5) is 28.3. The predicted molar refractivity (Wildman–Crippen MR) is 125 cm³/mol. The number of rotatable bonds is 7. The first-order chi connectivity index (χ1) is 16.2. The van der Waals surface area contributed by atoms with Crippen LogP contribution in [0, 0.1) is 17.7 Å². The van der Waals surface area contributed by atoms with Crippen molar-refractivity contribution in [1.29, 1.82) is 0 Å². The van der Waals surface area contributed by atoms with Crippen LogP contribution in [0.3, 0.4) is 0 Å². The molecule has 1 saturated heterocycles. The fourth-order valence-electron chi connectivity index (χ4n) is 5.14. The molecule has 168 valence electrons. The van der Waals surface area contributed by atoms with Gasteiger partial charge in [-0.1, -0.05) is 18.2 Å². The molecule has 0 radical (unpaired) electrons. The van der Waals surface area contributed by atoms with E-state index in [1.165, 1.54) is 29.6 Å². The molecule has 3 atom stereocenters. The number of hydrogen-bond acceptors (Lipinski definition) is 6. The van der Waals surface area contributed by atoms with E-state index in [0.29, 0.717) is 23.4 Å². The van der Waals surface area contributed by atoms with Gasteiger partial charge in [0.05, 0.1) is 22.9 Å². The molecule has 1 unspecified atom stereocenters. The van der Waals surface area contributed by atoms with E-state index in [-0.39, 0.29) is 18.1 Å². The zero-order chi connectivity index (χ0) is 22.4. The molecular weight excluding hydrogens is 437 g/mol. The van der Waals surface area contributed by atoms with Crippen LogP contribution >= 0.6 is 11.3 Å². The SMILES string of the molecule is O=C(NCc1ncccc1F)c1csc(C2[C@H]3CN(CCC4=Nc5ccccc5C4)C[C@@H]23)n1. The predicted octanol–water partition coefficient (Wildman–Crippen LogP) is 3.97. The van der Waals surface area contributed by atoms with E-state index in [2.05, 4.69) is 38.4 Å². The molecule has 33 heavy (non-hydrogen) atoms. The number of para-hydroxylation sites is 1. The van der Waals surface area contributed by atoms with Gasteiger partial charge in [0.1, 0.15) is 11.5 Å². The summed E-state index contributed by atoms with van der Waals surface area (Å²) < 4.78 is 13.7. The molecule has 1 saturated carbocycles. The van der Waals surface area contributed by atoms with Crippen molar-refractivity contribution < 1.29 is 9.18 Å². The number of halogens is 1. The van der Waals surface area contributed by atoms with Gasteiger partial charge in [0.25, 0.3) is 5.91 Å². The highest BCUT2D eigenvalue weighted by Gasteiger charge is 2.57. The monoisotopic (exact) mass is 461 g/mol. The van der Waals surface area contributed by atoms with Gasteiger partial charge >= 0.3 is 0 Å². The first kappa shape index (κ1) is 20.6. The lowest BCUT2D eigenvalue weighted by molar-refractivity contribution is 0.0945. The molecule has 3 aromatic rings. The third-order valence-electron chi connectivity index (χ3n) is 6.94. The molecule has 6 rings (SSSR count). The van der Waals surface area contributed by atoms with Crippen LogP contribution < -0.4 is 5.32 Å². The highest BCUT2D eigenvalue weighted by molar-refractivity contribution is 7.10. The molecule has 1 N–H and O–H groups in total. The van der Waals surface area contributed by atoms with E-state index in [0.717, 1.165) is 43.2 Å². The average molecular weight is 462 g/mol. The Balaban J connectivity index is 0.983. The number of pyridine rings is 1. The molecule has 3 aliphatic rings. The van der Waals surface area contributed by atoms with E-state index >= 15 is 0 Å². The van der Waals surface area contributed by atoms with Gasteiger partial charge < -0.3 is 10.2 Å². The van der Waals surface area contributed by atoms with Crippen molar-refractivity contribution in [3.8, 4) is 0 Å². The van der Waals surface area contributed by atoms with Crippen LogP contribution in [0.1, 0.15) is 39.1 Å². The van der Waals surface area contributed by atoms with E-state index in [9.17, 15) is 9.18 Å². The third-order valence-corrected chi connectivity index (χ3v) is 7.89. The Morgan fingerprint density at radius 1 is 1.18 bits per heavy atom. The maximum atomic E-state index is 13.7. The Bertz CT molecular complexity index is 1230. The summed E-state index contributed by atoms with van der Waals surface area (Å²) in [6.45, 7) is 3.30. The molecule has 1 aliphatic carbocycles. The van der Waals surface area contributed by atoms with E-state index < -0.39 is 5.82 Å². The molecule has 6 nitrogen and oxygen atoms in total. The topological polar surface area (TPSA) is 70.5 Å². The standard InChI is InChI=1S/C25H24FN5OS/c26-19-5-3-8-27-21(19)11-28-24(32)22-14-33-25(30-22)23-17-12-31(13-18(17)23)9-7-16-10-15-4-1-2-6-20(15)29-16/h1-6,8,14,17-18,23H,7,9-13H2,(H,28,32)/t17-,18+,23?. The number of fused-ring (bicyclic) bond motifs is 2. The first-order valence-electron chi connectivity index (χ1n) is 11.4. The van der Waals surface area contributed by atoms with Crippen molar-refractivity contribution in [2.24, 2.45) is 16.8 Å². The number of benzene rings is 1. The lowest BCUT2D eigenvalue weighted by Crippen LogP contribution is -2.27. The van der Waals surface area contributed by atoms with Crippen molar-refractivity contribution in [2.75, 3.05) is 19.6 Å². The van der Waals surface area contributed by atoms with Gasteiger partial charge in [0.15, 0.2) is 0 Å². The fraction of sp³-hybridized carbons (Fsp3) is 0.360. The highest BCUT2D eigenvalue weighted by Crippen LogP contribution is 2.58. The highest BCUT2D eigenvalue weighted by atomic mass is 32.1. The Labute approximate surface area is 195 Å². The summed E-state index contributed by atoms with van der Waals surface area (Å²) in [7, 11) is 0. The van der Waals surface area contributed by atoms with Crippen LogP contribution in [0.4, 0.5) is 10.1 Å². The fourth-order valence-corrected chi connectivity index (χ4v) is 6.19. The van der Waals surface area contributed by atoms with Gasteiger partial charge in [-0.15, -0.1) is 11.3 Å². The van der Waals surface area contributed by atoms with Gasteiger partial charge in [-0.3, -0.25) is 14.8 Å². The largest absolute Gasteiger partial charge is 0.345 e. The van der Waals surface area contributed by atoms with Crippen LogP contribution in [0.5, 0.6) is 0 Å². The Morgan fingerprint density at radius 2 is 2.03 bits per heavy atom. The van der Waals surface area contributed by atoms with Crippen LogP contribution in [0.2, 0.25) is 0 Å². The van der Waals surface area contributed by atoms with E-state index in [1.807, 2.05) is 6.07 Å². The second-order valence-corrected chi connectivity index (χ2v) is 9.92. The summed E-state index contributed by atoms with van der Waals surface area (Å²) in [6, 6.07) is 11.3. The van der Waals surface area contributed by atoms with Gasteiger partial charge in [-0.2, -0.15) is 0 Å². The molecule has 2 fully saturated rings. The number of nitrogens with zero attached hydrogens (tertiary/aromatic N) is 4. The van der Waals surface area contributed by atoms with Crippen molar-refractivity contribution in [3.05, 3.63) is 75.8 Å². The number of piperidine rings is 1. The average Bonchev–Trinajstić information content (AvgIpc) is 3.28. The molecule has 0 spiro atoms. The lowest BCUT2D eigenvalue weighted by Gasteiger charge is -2.18. The number of amides is 1. The summed E-state index contributed by atoms with van der Waals surface area (Å²) in [5, 5.41) is 5.58. The minimum atomic E-state index is -0.420. The molecule has 1 aromatic carbocycles. The second-order valence-electron chi connectivity index (χ2n) is 9.03. The second kappa shape index (κ2) is 8.43. The Morgan fingerprint density at radius 3 is 2.85 bits per heavy atom. The number of nitrogens with one attached hydrogen (secondary N) is 1. The zero-order valence-electron chi connectivity index (χ0n) is 18.1. The number of carbonyl (C=O) groups excluding carboxylic acids is 1. The third kappa shape index (κ3) is 4.09. The lowest BCUT2D eigenvalue weighted by atomic mass is 10.1. The van der Waals surface area contributed by atoms with Gasteiger partial charge in [0, 0.05) is 49.3 Å². The first-order valence-corrected chi connectivity index (χ1v) is 12.2. The number of thiazole rings is 1. The van der Waals surface area contributed by atoms with Crippen LogP contribution in [-0.2, 0) is 13.0 Å². The number of carbonyl (C=O) groups is 1.